The molecular weight excluding hydrogens is 328 g/mol. The minimum absolute atomic E-state index is 0.179. The van der Waals surface area contributed by atoms with E-state index in [9.17, 15) is 14.9 Å². The third-order valence-corrected chi connectivity index (χ3v) is 7.60. The van der Waals surface area contributed by atoms with E-state index in [1.165, 1.54) is 49.9 Å². The monoisotopic (exact) mass is 348 g/mol. The van der Waals surface area contributed by atoms with Gasteiger partial charge in [-0.3, -0.25) is 14.9 Å². The van der Waals surface area contributed by atoms with Crippen molar-refractivity contribution in [2.24, 2.45) is 23.7 Å². The zero-order chi connectivity index (χ0) is 16.5. The molecular formula is C16H20N4O3S. The Hall–Kier alpha value is -1.57. The predicted octanol–water partition coefficient (Wildman–Crippen LogP) is 2.61. The van der Waals surface area contributed by atoms with Crippen LogP contribution in [-0.4, -0.2) is 27.1 Å². The number of carbonyl (C=O) groups is 1. The van der Waals surface area contributed by atoms with Crippen molar-refractivity contribution < 1.29 is 9.72 Å². The summed E-state index contributed by atoms with van der Waals surface area (Å²) in [5.74, 6) is 1.72. The van der Waals surface area contributed by atoms with Crippen molar-refractivity contribution in [2.45, 2.75) is 56.4 Å². The van der Waals surface area contributed by atoms with Gasteiger partial charge in [-0.2, -0.15) is 0 Å². The Labute approximate surface area is 143 Å². The molecule has 1 aromatic rings. The highest BCUT2D eigenvalue weighted by molar-refractivity contribution is 7.15. The molecule has 0 saturated heterocycles. The highest BCUT2D eigenvalue weighted by Crippen LogP contribution is 2.61. The number of anilines is 1. The van der Waals surface area contributed by atoms with Crippen molar-refractivity contribution in [1.29, 1.82) is 0 Å². The van der Waals surface area contributed by atoms with Gasteiger partial charge in [0.2, 0.25) is 17.1 Å². The molecule has 0 spiro atoms. The molecule has 5 aliphatic carbocycles. The molecule has 7 nitrogen and oxygen atoms in total. The zero-order valence-electron chi connectivity index (χ0n) is 13.3. The molecule has 128 valence electrons. The summed E-state index contributed by atoms with van der Waals surface area (Å²) in [5, 5.41) is 23.6. The second-order valence-electron chi connectivity index (χ2n) is 8.29. The van der Waals surface area contributed by atoms with E-state index in [0.29, 0.717) is 11.6 Å². The Kier molecular flexibility index (Phi) is 3.05. The average molecular weight is 348 g/mol. The Morgan fingerprint density at radius 2 is 1.75 bits per heavy atom. The van der Waals surface area contributed by atoms with Crippen LogP contribution in [0, 0.1) is 33.8 Å². The predicted molar refractivity (Wildman–Crippen MR) is 87.3 cm³/mol. The van der Waals surface area contributed by atoms with Crippen LogP contribution in [0.5, 0.6) is 0 Å². The summed E-state index contributed by atoms with van der Waals surface area (Å²) >= 11 is 1.48. The summed E-state index contributed by atoms with van der Waals surface area (Å²) < 4.78 is 0. The van der Waals surface area contributed by atoms with Crippen LogP contribution < -0.4 is 5.32 Å². The van der Waals surface area contributed by atoms with E-state index in [4.69, 9.17) is 0 Å². The summed E-state index contributed by atoms with van der Waals surface area (Å²) in [5.41, 5.74) is 0.179. The molecule has 0 radical (unpaired) electrons. The Morgan fingerprint density at radius 1 is 1.12 bits per heavy atom. The number of hydrogen-bond acceptors (Lipinski definition) is 6. The molecule has 5 saturated carbocycles. The molecule has 1 aromatic heterocycles. The van der Waals surface area contributed by atoms with E-state index >= 15 is 0 Å². The van der Waals surface area contributed by atoms with Gasteiger partial charge in [0.05, 0.1) is 0 Å². The van der Waals surface area contributed by atoms with Crippen molar-refractivity contribution in [1.82, 2.24) is 10.2 Å². The van der Waals surface area contributed by atoms with Crippen LogP contribution in [0.4, 0.5) is 5.13 Å². The molecule has 4 bridgehead atoms. The van der Waals surface area contributed by atoms with Crippen LogP contribution in [-0.2, 0) is 10.2 Å². The van der Waals surface area contributed by atoms with Crippen molar-refractivity contribution >= 4 is 22.4 Å². The van der Waals surface area contributed by atoms with Crippen LogP contribution in [0.3, 0.4) is 0 Å². The second-order valence-corrected chi connectivity index (χ2v) is 9.27. The van der Waals surface area contributed by atoms with Gasteiger partial charge in [0.25, 0.3) is 0 Å². The van der Waals surface area contributed by atoms with Gasteiger partial charge in [-0.15, -0.1) is 10.2 Å². The van der Waals surface area contributed by atoms with Crippen molar-refractivity contribution in [3.05, 3.63) is 15.1 Å². The number of nitrogens with zero attached hydrogens (tertiary/aromatic N) is 3. The Morgan fingerprint density at radius 3 is 2.29 bits per heavy atom. The van der Waals surface area contributed by atoms with Gasteiger partial charge >= 0.3 is 0 Å². The highest BCUT2D eigenvalue weighted by atomic mass is 32.1. The van der Waals surface area contributed by atoms with Crippen LogP contribution in [0.15, 0.2) is 0 Å². The number of nitro groups is 1. The number of hydrogen-bond donors (Lipinski definition) is 1. The number of carbonyl (C=O) groups excluding carboxylic acids is 1. The van der Waals surface area contributed by atoms with Crippen molar-refractivity contribution in [3.8, 4) is 0 Å². The normalized spacial score (nSPS) is 42.1. The van der Waals surface area contributed by atoms with Crippen molar-refractivity contribution in [3.63, 3.8) is 0 Å². The summed E-state index contributed by atoms with van der Waals surface area (Å²) in [6, 6.07) is -0.722. The Balaban J connectivity index is 1.31. The average Bonchev–Trinajstić information content (AvgIpc) is 3.19. The first-order valence-corrected chi connectivity index (χ1v) is 9.62. The zero-order valence-corrected chi connectivity index (χ0v) is 14.1. The SMILES string of the molecule is O=C(Nc1nnc(C23CC4CC(CC(C4)C2)C3)s1)[C@@H]1C[C@H]1[N+](=O)[O-]. The van der Waals surface area contributed by atoms with E-state index in [-0.39, 0.29) is 16.2 Å². The largest absolute Gasteiger partial charge is 0.300 e. The van der Waals surface area contributed by atoms with Gasteiger partial charge < -0.3 is 5.32 Å². The third kappa shape index (κ3) is 2.26. The van der Waals surface area contributed by atoms with Gasteiger partial charge in [0.15, 0.2) is 0 Å². The number of amides is 1. The van der Waals surface area contributed by atoms with E-state index in [1.807, 2.05) is 0 Å². The van der Waals surface area contributed by atoms with E-state index in [0.717, 1.165) is 22.8 Å². The van der Waals surface area contributed by atoms with Crippen LogP contribution >= 0.6 is 11.3 Å². The van der Waals surface area contributed by atoms with Crippen molar-refractivity contribution in [2.75, 3.05) is 5.32 Å². The molecule has 2 atom stereocenters. The maximum absolute atomic E-state index is 12.1. The maximum atomic E-state index is 12.1. The lowest BCUT2D eigenvalue weighted by molar-refractivity contribution is -0.497. The molecule has 1 heterocycles. The maximum Gasteiger partial charge on any atom is 0.236 e. The molecule has 0 aliphatic heterocycles. The summed E-state index contributed by atoms with van der Waals surface area (Å²) in [6.45, 7) is 0. The van der Waals surface area contributed by atoms with Gasteiger partial charge in [-0.05, 0) is 56.3 Å². The number of nitrogens with one attached hydrogen (secondary N) is 1. The number of aromatic nitrogens is 2. The highest BCUT2D eigenvalue weighted by Gasteiger charge is 2.54. The van der Waals surface area contributed by atoms with E-state index in [2.05, 4.69) is 15.5 Å². The van der Waals surface area contributed by atoms with Crippen LogP contribution in [0.1, 0.15) is 50.0 Å². The fraction of sp³-hybridized carbons (Fsp3) is 0.812. The lowest BCUT2D eigenvalue weighted by Gasteiger charge is -2.55. The quantitative estimate of drug-likeness (QED) is 0.666. The molecule has 5 fully saturated rings. The van der Waals surface area contributed by atoms with Gasteiger partial charge in [-0.25, -0.2) is 0 Å². The van der Waals surface area contributed by atoms with Crippen LogP contribution in [0.2, 0.25) is 0 Å². The molecule has 5 aliphatic rings. The molecule has 8 heteroatoms. The first kappa shape index (κ1) is 14.7. The fourth-order valence-electron chi connectivity index (χ4n) is 5.76. The van der Waals surface area contributed by atoms with Crippen LogP contribution in [0.25, 0.3) is 0 Å². The van der Waals surface area contributed by atoms with Gasteiger partial charge in [-0.1, -0.05) is 11.3 Å². The first-order chi connectivity index (χ1) is 11.5. The summed E-state index contributed by atoms with van der Waals surface area (Å²) in [4.78, 5) is 22.4. The molecule has 1 amide bonds. The smallest absolute Gasteiger partial charge is 0.236 e. The first-order valence-electron chi connectivity index (χ1n) is 8.81. The molecule has 24 heavy (non-hydrogen) atoms. The summed E-state index contributed by atoms with van der Waals surface area (Å²) in [6.07, 6.45) is 8.12. The lowest BCUT2D eigenvalue weighted by atomic mass is 9.50. The van der Waals surface area contributed by atoms with E-state index in [1.54, 1.807) is 0 Å². The standard InChI is InChI=1S/C16H20N4O3S/c21-13(11-4-12(11)20(22)23)17-15-19-18-14(24-15)16-5-8-1-9(6-16)3-10(2-8)7-16/h8-12H,1-7H2,(H,17,19,21)/t8?,9?,10?,11-,12-,16?/m1/s1. The van der Waals surface area contributed by atoms with Gasteiger partial charge in [0, 0.05) is 16.8 Å². The number of rotatable bonds is 4. The topological polar surface area (TPSA) is 98.0 Å². The third-order valence-electron chi connectivity index (χ3n) is 6.51. The minimum Gasteiger partial charge on any atom is -0.300 e. The van der Waals surface area contributed by atoms with Gasteiger partial charge in [0.1, 0.15) is 10.9 Å². The summed E-state index contributed by atoms with van der Waals surface area (Å²) in [7, 11) is 0. The molecule has 0 unspecified atom stereocenters. The lowest BCUT2D eigenvalue weighted by Crippen LogP contribution is -2.48. The molecule has 0 aromatic carbocycles. The molecule has 6 rings (SSSR count). The Bertz CT molecular complexity index is 683. The van der Waals surface area contributed by atoms with E-state index < -0.39 is 12.0 Å². The minimum atomic E-state index is -0.722. The second kappa shape index (κ2) is 4.97. The molecule has 1 N–H and O–H groups in total. The fourth-order valence-corrected chi connectivity index (χ4v) is 6.72.